The van der Waals surface area contributed by atoms with Crippen molar-refractivity contribution in [1.82, 2.24) is 0 Å². The molecule has 3 rings (SSSR count). The number of hydrogen-bond donors (Lipinski definition) is 2. The number of halogens is 3. The Kier molecular flexibility index (Phi) is 6.61. The fraction of sp³-hybridized carbons (Fsp3) is 0.174. The highest BCUT2D eigenvalue weighted by Gasteiger charge is 2.15. The fourth-order valence-electron chi connectivity index (χ4n) is 3.16. The normalized spacial score (nSPS) is 10.7. The van der Waals surface area contributed by atoms with Gasteiger partial charge in [0.2, 0.25) is 0 Å². The number of rotatable bonds is 8. The van der Waals surface area contributed by atoms with Crippen LogP contribution < -0.4 is 10.1 Å². The number of carboxylic acids is 1. The maximum absolute atomic E-state index is 14.4. The number of carbonyl (C=O) groups is 1. The summed E-state index contributed by atoms with van der Waals surface area (Å²) in [4.78, 5) is 10.8. The van der Waals surface area contributed by atoms with E-state index in [4.69, 9.17) is 9.84 Å². The van der Waals surface area contributed by atoms with Crippen LogP contribution in [0.3, 0.4) is 0 Å². The van der Waals surface area contributed by atoms with Gasteiger partial charge in [-0.25, -0.2) is 18.0 Å². The summed E-state index contributed by atoms with van der Waals surface area (Å²) in [6, 6.07) is 12.9. The number of carboxylic acid groups (broad SMARTS) is 1. The van der Waals surface area contributed by atoms with E-state index in [0.717, 1.165) is 6.07 Å². The van der Waals surface area contributed by atoms with Crippen LogP contribution in [0.1, 0.15) is 18.1 Å². The SMILES string of the molecule is CCc1c(OCC(=O)O)ccc(F)c1NCc1cc(-c2cccc(F)c2)ccc1F. The van der Waals surface area contributed by atoms with Crippen molar-refractivity contribution >= 4 is 11.7 Å². The molecule has 0 atom stereocenters. The van der Waals surface area contributed by atoms with Crippen LogP contribution in [0.5, 0.6) is 5.75 Å². The Hall–Kier alpha value is -3.48. The zero-order chi connectivity index (χ0) is 21.7. The number of nitrogens with one attached hydrogen (secondary N) is 1. The van der Waals surface area contributed by atoms with Gasteiger partial charge in [-0.3, -0.25) is 0 Å². The molecule has 0 bridgehead atoms. The molecule has 0 aliphatic rings. The van der Waals surface area contributed by atoms with Gasteiger partial charge in [-0.15, -0.1) is 0 Å². The lowest BCUT2D eigenvalue weighted by Crippen LogP contribution is -2.12. The molecule has 0 radical (unpaired) electrons. The predicted molar refractivity (Wildman–Crippen MR) is 108 cm³/mol. The molecule has 3 aromatic rings. The number of anilines is 1. The molecule has 7 heteroatoms. The number of benzene rings is 3. The minimum atomic E-state index is -1.15. The second-order valence-electron chi connectivity index (χ2n) is 6.61. The Balaban J connectivity index is 1.87. The minimum absolute atomic E-state index is 0.0265. The molecular weight excluding hydrogens is 395 g/mol. The third-order valence-electron chi connectivity index (χ3n) is 4.58. The monoisotopic (exact) mass is 415 g/mol. The lowest BCUT2D eigenvalue weighted by molar-refractivity contribution is -0.139. The third-order valence-corrected chi connectivity index (χ3v) is 4.58. The summed E-state index contributed by atoms with van der Waals surface area (Å²) in [5.74, 6) is -2.34. The van der Waals surface area contributed by atoms with Crippen LogP contribution in [-0.4, -0.2) is 17.7 Å². The zero-order valence-corrected chi connectivity index (χ0v) is 16.2. The van der Waals surface area contributed by atoms with Crippen molar-refractivity contribution in [1.29, 1.82) is 0 Å². The quantitative estimate of drug-likeness (QED) is 0.517. The molecule has 0 aliphatic heterocycles. The van der Waals surface area contributed by atoms with Crippen molar-refractivity contribution in [2.75, 3.05) is 11.9 Å². The fourth-order valence-corrected chi connectivity index (χ4v) is 3.16. The van der Waals surface area contributed by atoms with Gasteiger partial charge in [-0.1, -0.05) is 25.1 Å². The largest absolute Gasteiger partial charge is 0.482 e. The van der Waals surface area contributed by atoms with Gasteiger partial charge < -0.3 is 15.2 Å². The van der Waals surface area contributed by atoms with E-state index in [-0.39, 0.29) is 23.5 Å². The molecule has 0 aromatic heterocycles. The summed E-state index contributed by atoms with van der Waals surface area (Å²) in [7, 11) is 0. The second-order valence-corrected chi connectivity index (χ2v) is 6.61. The van der Waals surface area contributed by atoms with Crippen LogP contribution in [0, 0.1) is 17.5 Å². The van der Waals surface area contributed by atoms with E-state index in [1.54, 1.807) is 31.2 Å². The predicted octanol–water partition coefficient (Wildman–Crippen LogP) is 5.41. The van der Waals surface area contributed by atoms with Gasteiger partial charge in [0.15, 0.2) is 6.61 Å². The van der Waals surface area contributed by atoms with Gasteiger partial charge in [0.25, 0.3) is 0 Å². The highest BCUT2D eigenvalue weighted by molar-refractivity contribution is 5.69. The maximum Gasteiger partial charge on any atom is 0.341 e. The lowest BCUT2D eigenvalue weighted by atomic mass is 10.0. The summed E-state index contributed by atoms with van der Waals surface area (Å²) < 4.78 is 47.5. The molecule has 4 nitrogen and oxygen atoms in total. The summed E-state index contributed by atoms with van der Waals surface area (Å²) >= 11 is 0. The van der Waals surface area contributed by atoms with Crippen molar-refractivity contribution in [3.63, 3.8) is 0 Å². The molecule has 0 aliphatic carbocycles. The molecule has 30 heavy (non-hydrogen) atoms. The molecule has 0 saturated heterocycles. The van der Waals surface area contributed by atoms with E-state index >= 15 is 0 Å². The Morgan fingerprint density at radius 2 is 1.73 bits per heavy atom. The molecule has 0 amide bonds. The van der Waals surface area contributed by atoms with Gasteiger partial charge >= 0.3 is 5.97 Å². The Morgan fingerprint density at radius 3 is 2.43 bits per heavy atom. The molecule has 156 valence electrons. The van der Waals surface area contributed by atoms with Crippen molar-refractivity contribution in [3.8, 4) is 16.9 Å². The average Bonchev–Trinajstić information content (AvgIpc) is 2.72. The topological polar surface area (TPSA) is 58.6 Å². The highest BCUT2D eigenvalue weighted by atomic mass is 19.1. The first kappa shape index (κ1) is 21.2. The molecule has 2 N–H and O–H groups in total. The van der Waals surface area contributed by atoms with E-state index in [2.05, 4.69) is 5.32 Å². The van der Waals surface area contributed by atoms with Crippen LogP contribution in [0.4, 0.5) is 18.9 Å². The van der Waals surface area contributed by atoms with Crippen LogP contribution >= 0.6 is 0 Å². The summed E-state index contributed by atoms with van der Waals surface area (Å²) in [6.07, 6.45) is 0.376. The van der Waals surface area contributed by atoms with E-state index in [1.807, 2.05) is 0 Å². The van der Waals surface area contributed by atoms with Gasteiger partial charge in [-0.2, -0.15) is 0 Å². The van der Waals surface area contributed by atoms with Crippen molar-refractivity contribution in [2.24, 2.45) is 0 Å². The third kappa shape index (κ3) is 4.92. The molecule has 0 heterocycles. The first-order valence-electron chi connectivity index (χ1n) is 9.33. The molecular formula is C23H20F3NO3. The van der Waals surface area contributed by atoms with Gasteiger partial charge in [-0.05, 0) is 53.9 Å². The first-order valence-corrected chi connectivity index (χ1v) is 9.33. The van der Waals surface area contributed by atoms with Gasteiger partial charge in [0.1, 0.15) is 23.2 Å². The van der Waals surface area contributed by atoms with E-state index in [0.29, 0.717) is 23.1 Å². The Bertz CT molecular complexity index is 1070. The summed E-state index contributed by atoms with van der Waals surface area (Å²) in [5.41, 5.74) is 2.08. The molecule has 3 aromatic carbocycles. The maximum atomic E-state index is 14.4. The van der Waals surface area contributed by atoms with E-state index in [1.165, 1.54) is 24.3 Å². The number of aliphatic carboxylic acids is 1. The van der Waals surface area contributed by atoms with Crippen molar-refractivity contribution in [2.45, 2.75) is 19.9 Å². The van der Waals surface area contributed by atoms with Crippen LogP contribution in [0.25, 0.3) is 11.1 Å². The zero-order valence-electron chi connectivity index (χ0n) is 16.2. The summed E-state index contributed by atoms with van der Waals surface area (Å²) in [5, 5.41) is 11.7. The molecule has 0 spiro atoms. The second kappa shape index (κ2) is 9.35. The number of hydrogen-bond acceptors (Lipinski definition) is 3. The average molecular weight is 415 g/mol. The smallest absolute Gasteiger partial charge is 0.341 e. The Labute approximate surface area is 171 Å². The molecule has 0 fully saturated rings. The summed E-state index contributed by atoms with van der Waals surface area (Å²) in [6.45, 7) is 1.20. The number of ether oxygens (including phenoxy) is 1. The van der Waals surface area contributed by atoms with Crippen molar-refractivity contribution < 1.29 is 27.8 Å². The first-order chi connectivity index (χ1) is 14.4. The Morgan fingerprint density at radius 1 is 1.00 bits per heavy atom. The standard InChI is InChI=1S/C23H20F3NO3/c1-2-18-21(30-13-22(28)29)9-8-20(26)23(18)27-12-16-10-15(6-7-19(16)25)14-4-3-5-17(24)11-14/h3-11,27H,2,12-13H2,1H3,(H,28,29). The van der Waals surface area contributed by atoms with Crippen LogP contribution in [0.2, 0.25) is 0 Å². The van der Waals surface area contributed by atoms with E-state index < -0.39 is 30.0 Å². The van der Waals surface area contributed by atoms with Gasteiger partial charge in [0, 0.05) is 17.7 Å². The molecule has 0 unspecified atom stereocenters. The van der Waals surface area contributed by atoms with E-state index in [9.17, 15) is 18.0 Å². The van der Waals surface area contributed by atoms with Crippen LogP contribution in [-0.2, 0) is 17.8 Å². The molecule has 0 saturated carbocycles. The van der Waals surface area contributed by atoms with Crippen LogP contribution in [0.15, 0.2) is 54.6 Å². The van der Waals surface area contributed by atoms with Crippen molar-refractivity contribution in [3.05, 3.63) is 83.2 Å². The lowest BCUT2D eigenvalue weighted by Gasteiger charge is -2.17. The van der Waals surface area contributed by atoms with Gasteiger partial charge in [0.05, 0.1) is 5.69 Å². The highest BCUT2D eigenvalue weighted by Crippen LogP contribution is 2.31. The minimum Gasteiger partial charge on any atom is -0.482 e.